The van der Waals surface area contributed by atoms with Gasteiger partial charge in [-0.25, -0.2) is 8.78 Å². The summed E-state index contributed by atoms with van der Waals surface area (Å²) in [6.45, 7) is 3.29. The number of benzene rings is 1. The van der Waals surface area contributed by atoms with Crippen LogP contribution in [0.4, 0.5) is 8.78 Å². The Balaban J connectivity index is 3.12. The topological polar surface area (TPSA) is 57.6 Å². The SMILES string of the molecule is CCN(C(=O)c1c(F)cc(Br)cc1F)C(C)CC(=O)O. The molecule has 0 bridgehead atoms. The summed E-state index contributed by atoms with van der Waals surface area (Å²) in [5.74, 6) is -3.91. The van der Waals surface area contributed by atoms with Crippen LogP contribution in [0.1, 0.15) is 30.6 Å². The van der Waals surface area contributed by atoms with Crippen LogP contribution in [0.5, 0.6) is 0 Å². The fourth-order valence-corrected chi connectivity index (χ4v) is 2.31. The zero-order valence-corrected chi connectivity index (χ0v) is 12.6. The molecule has 0 aliphatic carbocycles. The van der Waals surface area contributed by atoms with Gasteiger partial charge in [-0.3, -0.25) is 9.59 Å². The fourth-order valence-electron chi connectivity index (χ4n) is 1.91. The highest BCUT2D eigenvalue weighted by Gasteiger charge is 2.27. The van der Waals surface area contributed by atoms with Crippen molar-refractivity contribution in [3.63, 3.8) is 0 Å². The van der Waals surface area contributed by atoms with Crippen molar-refractivity contribution in [1.82, 2.24) is 4.90 Å². The lowest BCUT2D eigenvalue weighted by Gasteiger charge is -2.27. The summed E-state index contributed by atoms with van der Waals surface area (Å²) in [6, 6.07) is 1.32. The lowest BCUT2D eigenvalue weighted by atomic mass is 10.1. The van der Waals surface area contributed by atoms with Crippen LogP contribution in [-0.2, 0) is 4.79 Å². The Morgan fingerprint density at radius 2 is 1.85 bits per heavy atom. The van der Waals surface area contributed by atoms with Crippen LogP contribution in [0, 0.1) is 11.6 Å². The van der Waals surface area contributed by atoms with E-state index in [4.69, 9.17) is 5.11 Å². The van der Waals surface area contributed by atoms with E-state index in [1.807, 2.05) is 0 Å². The third kappa shape index (κ3) is 3.75. The van der Waals surface area contributed by atoms with Crippen LogP contribution in [-0.4, -0.2) is 34.5 Å². The molecule has 20 heavy (non-hydrogen) atoms. The first kappa shape index (κ1) is 16.6. The Morgan fingerprint density at radius 3 is 2.25 bits per heavy atom. The Morgan fingerprint density at radius 1 is 1.35 bits per heavy atom. The second-order valence-corrected chi connectivity index (χ2v) is 5.20. The average Bonchev–Trinajstić information content (AvgIpc) is 2.26. The molecule has 0 aliphatic rings. The first-order valence-corrected chi connectivity index (χ1v) is 6.74. The number of rotatable bonds is 5. The smallest absolute Gasteiger partial charge is 0.305 e. The van der Waals surface area contributed by atoms with Crippen LogP contribution >= 0.6 is 15.9 Å². The van der Waals surface area contributed by atoms with Crippen molar-refractivity contribution >= 4 is 27.8 Å². The zero-order chi connectivity index (χ0) is 15.4. The average molecular weight is 350 g/mol. The van der Waals surface area contributed by atoms with Gasteiger partial charge in [0.05, 0.1) is 6.42 Å². The van der Waals surface area contributed by atoms with E-state index in [2.05, 4.69) is 15.9 Å². The molecular formula is C13H14BrF2NO3. The molecule has 1 amide bonds. The van der Waals surface area contributed by atoms with Gasteiger partial charge >= 0.3 is 5.97 Å². The van der Waals surface area contributed by atoms with E-state index in [1.54, 1.807) is 6.92 Å². The normalized spacial score (nSPS) is 12.1. The molecule has 0 aliphatic heterocycles. The van der Waals surface area contributed by atoms with E-state index in [0.29, 0.717) is 0 Å². The molecular weight excluding hydrogens is 336 g/mol. The van der Waals surface area contributed by atoms with Gasteiger partial charge in [0.15, 0.2) is 0 Å². The van der Waals surface area contributed by atoms with E-state index in [-0.39, 0.29) is 17.4 Å². The maximum absolute atomic E-state index is 13.8. The van der Waals surface area contributed by atoms with Crippen molar-refractivity contribution in [3.05, 3.63) is 33.8 Å². The number of carboxylic acids is 1. The summed E-state index contributed by atoms with van der Waals surface area (Å²) >= 11 is 2.93. The lowest BCUT2D eigenvalue weighted by molar-refractivity contribution is -0.138. The van der Waals surface area contributed by atoms with Crippen LogP contribution < -0.4 is 0 Å². The van der Waals surface area contributed by atoms with Crippen LogP contribution in [0.15, 0.2) is 16.6 Å². The number of aliphatic carboxylic acids is 1. The van der Waals surface area contributed by atoms with Gasteiger partial charge in [0.25, 0.3) is 5.91 Å². The molecule has 1 aromatic rings. The van der Waals surface area contributed by atoms with Gasteiger partial charge in [-0.05, 0) is 26.0 Å². The predicted octanol–water partition coefficient (Wildman–Crippen LogP) is 3.05. The maximum atomic E-state index is 13.8. The molecule has 4 nitrogen and oxygen atoms in total. The van der Waals surface area contributed by atoms with E-state index < -0.39 is 35.1 Å². The molecule has 0 saturated heterocycles. The van der Waals surface area contributed by atoms with Gasteiger partial charge in [0.2, 0.25) is 0 Å². The summed E-state index contributed by atoms with van der Waals surface area (Å²) in [4.78, 5) is 24.0. The van der Waals surface area contributed by atoms with Gasteiger partial charge in [0, 0.05) is 17.1 Å². The van der Waals surface area contributed by atoms with E-state index in [1.165, 1.54) is 6.92 Å². The van der Waals surface area contributed by atoms with Crippen molar-refractivity contribution in [2.75, 3.05) is 6.54 Å². The molecule has 0 spiro atoms. The minimum atomic E-state index is -1.08. The molecule has 1 atom stereocenters. The van der Waals surface area contributed by atoms with Crippen molar-refractivity contribution < 1.29 is 23.5 Å². The Kier molecular flexibility index (Phi) is 5.62. The molecule has 0 saturated carbocycles. The van der Waals surface area contributed by atoms with Crippen LogP contribution in [0.3, 0.4) is 0 Å². The molecule has 1 rings (SSSR count). The van der Waals surface area contributed by atoms with Gasteiger partial charge in [-0.2, -0.15) is 0 Å². The minimum Gasteiger partial charge on any atom is -0.481 e. The minimum absolute atomic E-state index is 0.155. The van der Waals surface area contributed by atoms with E-state index in [0.717, 1.165) is 17.0 Å². The standard InChI is InChI=1S/C13H14BrF2NO3/c1-3-17(7(2)4-11(18)19)13(20)12-9(15)5-8(14)6-10(12)16/h5-7H,3-4H2,1-2H3,(H,18,19). The molecule has 0 heterocycles. The monoisotopic (exact) mass is 349 g/mol. The molecule has 110 valence electrons. The zero-order valence-electron chi connectivity index (χ0n) is 11.0. The number of hydrogen-bond acceptors (Lipinski definition) is 2. The third-order valence-electron chi connectivity index (χ3n) is 2.82. The molecule has 0 aromatic heterocycles. The second kappa shape index (κ2) is 6.78. The summed E-state index contributed by atoms with van der Waals surface area (Å²) < 4.78 is 27.7. The highest BCUT2D eigenvalue weighted by Crippen LogP contribution is 2.22. The van der Waals surface area contributed by atoms with Crippen LogP contribution in [0.2, 0.25) is 0 Å². The second-order valence-electron chi connectivity index (χ2n) is 4.28. The predicted molar refractivity (Wildman–Crippen MR) is 72.5 cm³/mol. The summed E-state index contributed by atoms with van der Waals surface area (Å²) in [6.07, 6.45) is -0.292. The fraction of sp³-hybridized carbons (Fsp3) is 0.385. The van der Waals surface area contributed by atoms with E-state index in [9.17, 15) is 18.4 Å². The molecule has 0 fully saturated rings. The van der Waals surface area contributed by atoms with Gasteiger partial charge in [0.1, 0.15) is 17.2 Å². The summed E-state index contributed by atoms with van der Waals surface area (Å²) in [5.41, 5.74) is -0.674. The molecule has 7 heteroatoms. The number of amides is 1. The van der Waals surface area contributed by atoms with E-state index >= 15 is 0 Å². The Bertz CT molecular complexity index is 513. The van der Waals surface area contributed by atoms with Crippen LogP contribution in [0.25, 0.3) is 0 Å². The molecule has 1 unspecified atom stereocenters. The molecule has 1 aromatic carbocycles. The number of hydrogen-bond donors (Lipinski definition) is 1. The van der Waals surface area contributed by atoms with Crippen molar-refractivity contribution in [1.29, 1.82) is 0 Å². The molecule has 0 radical (unpaired) electrons. The largest absolute Gasteiger partial charge is 0.481 e. The molecule has 1 N–H and O–H groups in total. The maximum Gasteiger partial charge on any atom is 0.305 e. The number of carbonyl (C=O) groups is 2. The number of carbonyl (C=O) groups excluding carboxylic acids is 1. The van der Waals surface area contributed by atoms with Crippen molar-refractivity contribution in [3.8, 4) is 0 Å². The summed E-state index contributed by atoms with van der Waals surface area (Å²) in [5, 5.41) is 8.73. The third-order valence-corrected chi connectivity index (χ3v) is 3.28. The van der Waals surface area contributed by atoms with Gasteiger partial charge < -0.3 is 10.0 Å². The highest BCUT2D eigenvalue weighted by atomic mass is 79.9. The Hall–Kier alpha value is -1.50. The highest BCUT2D eigenvalue weighted by molar-refractivity contribution is 9.10. The number of nitrogens with zero attached hydrogens (tertiary/aromatic N) is 1. The van der Waals surface area contributed by atoms with Crippen molar-refractivity contribution in [2.45, 2.75) is 26.3 Å². The quantitative estimate of drug-likeness (QED) is 0.888. The lowest BCUT2D eigenvalue weighted by Crippen LogP contribution is -2.40. The Labute approximate surface area is 123 Å². The summed E-state index contributed by atoms with van der Waals surface area (Å²) in [7, 11) is 0. The number of carboxylic acid groups (broad SMARTS) is 1. The van der Waals surface area contributed by atoms with Gasteiger partial charge in [-0.1, -0.05) is 15.9 Å². The van der Waals surface area contributed by atoms with Gasteiger partial charge in [-0.15, -0.1) is 0 Å². The number of halogens is 3. The first-order valence-electron chi connectivity index (χ1n) is 5.95. The first-order chi connectivity index (χ1) is 9.27. The van der Waals surface area contributed by atoms with Crippen molar-refractivity contribution in [2.24, 2.45) is 0 Å².